The molecule has 1 saturated heterocycles. The maximum absolute atomic E-state index is 12.1. The molecular weight excluding hydrogens is 382 g/mol. The number of thioether (sulfide) groups is 1. The highest BCUT2D eigenvalue weighted by Crippen LogP contribution is 2.24. The smallest absolute Gasteiger partial charge is 0.235 e. The van der Waals surface area contributed by atoms with Gasteiger partial charge in [-0.1, -0.05) is 23.7 Å². The lowest BCUT2D eigenvalue weighted by molar-refractivity contribution is -0.113. The summed E-state index contributed by atoms with van der Waals surface area (Å²) in [7, 11) is -2.91. The molecule has 2 heterocycles. The quantitative estimate of drug-likeness (QED) is 0.806. The molecule has 1 N–H and O–H groups in total. The van der Waals surface area contributed by atoms with Crippen LogP contribution in [0.4, 0.5) is 5.82 Å². The molecule has 0 aliphatic carbocycles. The van der Waals surface area contributed by atoms with Crippen LogP contribution < -0.4 is 5.32 Å². The van der Waals surface area contributed by atoms with Crippen molar-refractivity contribution < 1.29 is 13.2 Å². The van der Waals surface area contributed by atoms with Crippen LogP contribution in [-0.4, -0.2) is 46.6 Å². The van der Waals surface area contributed by atoms with Crippen LogP contribution in [0.25, 0.3) is 0 Å². The number of rotatable bonds is 6. The van der Waals surface area contributed by atoms with Crippen LogP contribution in [0.2, 0.25) is 5.02 Å². The van der Waals surface area contributed by atoms with Gasteiger partial charge in [0.15, 0.2) is 9.84 Å². The Morgan fingerprint density at radius 2 is 2.08 bits per heavy atom. The second kappa shape index (κ2) is 7.80. The molecule has 2 aromatic rings. The number of nitrogens with one attached hydrogen (secondary N) is 1. The highest BCUT2D eigenvalue weighted by molar-refractivity contribution is 8.02. The van der Waals surface area contributed by atoms with E-state index in [0.29, 0.717) is 23.8 Å². The Morgan fingerprint density at radius 3 is 2.76 bits per heavy atom. The molecule has 1 aromatic carbocycles. The van der Waals surface area contributed by atoms with Gasteiger partial charge in [-0.2, -0.15) is 5.10 Å². The van der Waals surface area contributed by atoms with E-state index in [2.05, 4.69) is 10.4 Å². The fourth-order valence-electron chi connectivity index (χ4n) is 2.59. The zero-order valence-corrected chi connectivity index (χ0v) is 15.8. The van der Waals surface area contributed by atoms with Gasteiger partial charge in [0, 0.05) is 16.3 Å². The number of anilines is 1. The van der Waals surface area contributed by atoms with Crippen molar-refractivity contribution in [2.24, 2.45) is 0 Å². The largest absolute Gasteiger partial charge is 0.310 e. The van der Waals surface area contributed by atoms with E-state index < -0.39 is 9.84 Å². The molecule has 1 unspecified atom stereocenters. The summed E-state index contributed by atoms with van der Waals surface area (Å²) in [5.41, 5.74) is 1.02. The minimum atomic E-state index is -2.91. The van der Waals surface area contributed by atoms with E-state index in [9.17, 15) is 13.2 Å². The Balaban J connectivity index is 1.54. The van der Waals surface area contributed by atoms with Gasteiger partial charge in [0.1, 0.15) is 5.82 Å². The molecule has 1 aliphatic heterocycles. The lowest BCUT2D eigenvalue weighted by atomic mass is 10.2. The third-order valence-electron chi connectivity index (χ3n) is 3.87. The number of benzene rings is 1. The number of amides is 1. The van der Waals surface area contributed by atoms with Crippen molar-refractivity contribution in [1.29, 1.82) is 0 Å². The number of hydrogen-bond acceptors (Lipinski definition) is 5. The van der Waals surface area contributed by atoms with Crippen LogP contribution in [0.5, 0.6) is 0 Å². The minimum absolute atomic E-state index is 0.00901. The molecule has 134 valence electrons. The number of nitrogens with zero attached hydrogens (tertiary/aromatic N) is 2. The van der Waals surface area contributed by atoms with Crippen molar-refractivity contribution in [2.75, 3.05) is 22.6 Å². The molecular formula is C16H18ClN3O3S2. The normalized spacial score (nSPS) is 19.0. The number of halogens is 1. The average molecular weight is 400 g/mol. The van der Waals surface area contributed by atoms with Crippen LogP contribution in [0, 0.1) is 0 Å². The van der Waals surface area contributed by atoms with Crippen molar-refractivity contribution in [3.05, 3.63) is 47.1 Å². The van der Waals surface area contributed by atoms with Crippen molar-refractivity contribution in [2.45, 2.75) is 18.2 Å². The van der Waals surface area contributed by atoms with E-state index >= 15 is 0 Å². The first-order valence-corrected chi connectivity index (χ1v) is 11.0. The number of sulfone groups is 1. The average Bonchev–Trinajstić information content (AvgIpc) is 3.14. The molecule has 0 radical (unpaired) electrons. The third kappa shape index (κ3) is 5.23. The minimum Gasteiger partial charge on any atom is -0.310 e. The molecule has 1 fully saturated rings. The Morgan fingerprint density at radius 1 is 1.32 bits per heavy atom. The van der Waals surface area contributed by atoms with Gasteiger partial charge in [0.05, 0.1) is 30.0 Å². The van der Waals surface area contributed by atoms with Crippen LogP contribution >= 0.6 is 23.4 Å². The zero-order valence-electron chi connectivity index (χ0n) is 13.4. The van der Waals surface area contributed by atoms with Crippen molar-refractivity contribution in [1.82, 2.24) is 9.78 Å². The number of carbonyl (C=O) groups excluding carboxylic acids is 1. The first-order chi connectivity index (χ1) is 11.9. The van der Waals surface area contributed by atoms with E-state index in [1.54, 1.807) is 16.9 Å². The SMILES string of the molecule is O=C(CSC1CCS(=O)(=O)C1)Nc1ccnn1Cc1ccc(Cl)cc1. The molecule has 1 aromatic heterocycles. The molecule has 1 amide bonds. The van der Waals surface area contributed by atoms with Gasteiger partial charge in [0.25, 0.3) is 0 Å². The first-order valence-electron chi connectivity index (χ1n) is 7.79. The van der Waals surface area contributed by atoms with Gasteiger partial charge in [-0.05, 0) is 24.1 Å². The van der Waals surface area contributed by atoms with Crippen LogP contribution in [0.15, 0.2) is 36.5 Å². The summed E-state index contributed by atoms with van der Waals surface area (Å²) in [5.74, 6) is 1.07. The van der Waals surface area contributed by atoms with E-state index in [1.165, 1.54) is 11.8 Å². The predicted octanol–water partition coefficient (Wildman–Crippen LogP) is 2.44. The predicted molar refractivity (Wildman–Crippen MR) is 101 cm³/mol. The molecule has 3 rings (SSSR count). The van der Waals surface area contributed by atoms with Crippen LogP contribution in [0.3, 0.4) is 0 Å². The third-order valence-corrected chi connectivity index (χ3v) is 7.40. The summed E-state index contributed by atoms with van der Waals surface area (Å²) in [4.78, 5) is 12.1. The summed E-state index contributed by atoms with van der Waals surface area (Å²) in [5, 5.41) is 7.74. The highest BCUT2D eigenvalue weighted by Gasteiger charge is 2.28. The summed E-state index contributed by atoms with van der Waals surface area (Å²) in [6.07, 6.45) is 2.25. The van der Waals surface area contributed by atoms with Gasteiger partial charge in [-0.3, -0.25) is 4.79 Å². The Labute approximate surface area is 155 Å². The maximum atomic E-state index is 12.1. The van der Waals surface area contributed by atoms with Crippen LogP contribution in [-0.2, 0) is 21.2 Å². The van der Waals surface area contributed by atoms with Crippen molar-refractivity contribution >= 4 is 44.9 Å². The first kappa shape index (κ1) is 18.3. The van der Waals surface area contributed by atoms with Gasteiger partial charge in [0.2, 0.25) is 5.91 Å². The lowest BCUT2D eigenvalue weighted by Crippen LogP contribution is -2.19. The van der Waals surface area contributed by atoms with Crippen LogP contribution in [0.1, 0.15) is 12.0 Å². The molecule has 6 nitrogen and oxygen atoms in total. The summed E-state index contributed by atoms with van der Waals surface area (Å²) in [6, 6.07) is 9.17. The standard InChI is InChI=1S/C16H18ClN3O3S2/c17-13-3-1-12(2-4-13)9-20-15(5-7-18-20)19-16(21)10-24-14-6-8-25(22,23)11-14/h1-5,7,14H,6,8-11H2,(H,19,21). The van der Waals surface area contributed by atoms with Gasteiger partial charge >= 0.3 is 0 Å². The summed E-state index contributed by atoms with van der Waals surface area (Å²) >= 11 is 7.27. The molecule has 25 heavy (non-hydrogen) atoms. The Bertz CT molecular complexity index is 850. The molecule has 0 spiro atoms. The maximum Gasteiger partial charge on any atom is 0.235 e. The molecule has 1 aliphatic rings. The number of carbonyl (C=O) groups is 1. The van der Waals surface area contributed by atoms with E-state index in [-0.39, 0.29) is 28.4 Å². The topological polar surface area (TPSA) is 81.1 Å². The summed E-state index contributed by atoms with van der Waals surface area (Å²) in [6.45, 7) is 0.522. The van der Waals surface area contributed by atoms with Gasteiger partial charge in [-0.25, -0.2) is 13.1 Å². The van der Waals surface area contributed by atoms with Gasteiger partial charge in [-0.15, -0.1) is 11.8 Å². The highest BCUT2D eigenvalue weighted by atomic mass is 35.5. The fraction of sp³-hybridized carbons (Fsp3) is 0.375. The number of hydrogen-bond donors (Lipinski definition) is 1. The second-order valence-corrected chi connectivity index (χ2v) is 9.84. The van der Waals surface area contributed by atoms with E-state index in [4.69, 9.17) is 11.6 Å². The molecule has 0 bridgehead atoms. The van der Waals surface area contributed by atoms with Crippen molar-refractivity contribution in [3.63, 3.8) is 0 Å². The van der Waals surface area contributed by atoms with Crippen molar-refractivity contribution in [3.8, 4) is 0 Å². The molecule has 1 atom stereocenters. The lowest BCUT2D eigenvalue weighted by Gasteiger charge is -2.10. The van der Waals surface area contributed by atoms with E-state index in [1.807, 2.05) is 24.3 Å². The van der Waals surface area contributed by atoms with E-state index in [0.717, 1.165) is 5.56 Å². The Kier molecular flexibility index (Phi) is 5.71. The monoisotopic (exact) mass is 399 g/mol. The fourth-order valence-corrected chi connectivity index (χ4v) is 6.16. The van der Waals surface area contributed by atoms with Gasteiger partial charge < -0.3 is 5.32 Å². The summed E-state index contributed by atoms with van der Waals surface area (Å²) < 4.78 is 24.6. The number of aromatic nitrogens is 2. The second-order valence-electron chi connectivity index (χ2n) is 5.88. The molecule has 9 heteroatoms. The molecule has 0 saturated carbocycles. The zero-order chi connectivity index (χ0) is 17.9. The Hall–Kier alpha value is -1.51.